The number of carbonyl (C=O) groups is 3. The van der Waals surface area contributed by atoms with Crippen molar-refractivity contribution < 1.29 is 153 Å². The molecule has 6 aliphatic rings. The molecule has 3 amide bonds. The van der Waals surface area contributed by atoms with Crippen LogP contribution >= 0.6 is 0 Å². The Morgan fingerprint density at radius 2 is 0.684 bits per heavy atom. The molecule has 34 heteroatoms. The van der Waals surface area contributed by atoms with Crippen molar-refractivity contribution in [3.8, 4) is 0 Å². The third-order valence-corrected chi connectivity index (χ3v) is 13.6. The van der Waals surface area contributed by atoms with Crippen LogP contribution in [0.1, 0.15) is 20.8 Å². The Morgan fingerprint density at radius 1 is 0.342 bits per heavy atom. The molecule has 0 spiro atoms. The zero-order valence-electron chi connectivity index (χ0n) is 40.9. The highest BCUT2D eigenvalue weighted by molar-refractivity contribution is 5.74. The third kappa shape index (κ3) is 13.7. The Morgan fingerprint density at radius 3 is 1.18 bits per heavy atom. The summed E-state index contributed by atoms with van der Waals surface area (Å²) >= 11 is 0. The maximum atomic E-state index is 12.7. The number of aliphatic hydroxyl groups is 17. The summed E-state index contributed by atoms with van der Waals surface area (Å²) in [4.78, 5) is 37.1. The van der Waals surface area contributed by atoms with E-state index in [1.165, 1.54) is 0 Å². The number of hydrogen-bond acceptors (Lipinski definition) is 31. The average molecular weight is 1110 g/mol. The zero-order valence-corrected chi connectivity index (χ0v) is 40.9. The van der Waals surface area contributed by atoms with Crippen LogP contribution in [0.25, 0.3) is 0 Å². The first-order valence-corrected chi connectivity index (χ1v) is 24.1. The Labute approximate surface area is 431 Å². The first-order valence-electron chi connectivity index (χ1n) is 24.1. The minimum absolute atomic E-state index is 0.729. The Balaban J connectivity index is 1.40. The van der Waals surface area contributed by atoms with E-state index in [-0.39, 0.29) is 0 Å². The number of aliphatic hydroxyl groups excluding tert-OH is 17. The summed E-state index contributed by atoms with van der Waals surface area (Å²) in [6, 6.07) is -5.09. The van der Waals surface area contributed by atoms with Crippen molar-refractivity contribution in [2.45, 2.75) is 205 Å². The summed E-state index contributed by atoms with van der Waals surface area (Å²) in [5.74, 6) is -2.42. The second-order valence-electron chi connectivity index (χ2n) is 19.0. The van der Waals surface area contributed by atoms with Crippen LogP contribution in [0.15, 0.2) is 0 Å². The highest BCUT2D eigenvalue weighted by atomic mass is 16.8. The Bertz CT molecular complexity index is 1870. The SMILES string of the molecule is CC(=O)N[C@@H]1[C@@H](O)[C@H](O[C@@H]2O[C@H](CO)[C@@H](O[C@@H]3O[C@H](CO[C@H]4O[C@H](CO)[C@@H](O)[C@H](O)[C@@H]4O)[C@@H](O[C@@H]4O[C@H](CO)[C@@H](O)[C@H](O)[C@H]4NC(C)=O)[C@H](O[C@H]4O[C@H](CO)[C@@H](O)[C@H](O)[C@@H]4O)[C@@H]3O)[C@H](O)[C@H]2NC(C)=O)[C@@H](CO)O[C@H]1O. The molecule has 6 saturated heterocycles. The van der Waals surface area contributed by atoms with Crippen molar-refractivity contribution in [3.63, 3.8) is 0 Å². The van der Waals surface area contributed by atoms with E-state index in [0.29, 0.717) is 0 Å². The topological polar surface area (TPSA) is 533 Å². The van der Waals surface area contributed by atoms with Gasteiger partial charge in [-0.1, -0.05) is 0 Å². The smallest absolute Gasteiger partial charge is 0.217 e. The molecule has 0 bridgehead atoms. The standard InChI is InChI=1S/C42H71N3O31/c1-10(51)43-19-26(58)33(16(7-49)67-37(19)65)73-39-21(45-12(3)53)27(59)34(17(8-50)71-39)74-42-32(64)36(76-41-31(63)29(61)24(56)15(6-48)70-41)35(75-38-20(44-11(2)52)25(57)22(54)13(4-46)68-38)18(72-42)9-66-40-30(62)28(60)23(55)14(5-47)69-40/h13-42,46-50,54-65H,4-9H2,1-3H3,(H,43,51)(H,44,52)(H,45,53)/t13-,14-,15-,16-,17-,18-,19-,20-,21-,22-,23-,24-,25-,26-,27-,28+,29+,30+,31+,32+,33-,34-,35-,36-,37-,38+,39+,40+,41-,42+/m1/s1. The summed E-state index contributed by atoms with van der Waals surface area (Å²) in [6.07, 6.45) is -52.7. The van der Waals surface area contributed by atoms with Gasteiger partial charge in [-0.15, -0.1) is 0 Å². The second kappa shape index (κ2) is 27.2. The molecule has 6 rings (SSSR count). The fourth-order valence-corrected chi connectivity index (χ4v) is 9.62. The number of ether oxygens (including phenoxy) is 11. The van der Waals surface area contributed by atoms with Crippen LogP contribution in [0, 0.1) is 0 Å². The number of hydrogen-bond donors (Lipinski definition) is 20. The minimum Gasteiger partial charge on any atom is -0.394 e. The van der Waals surface area contributed by atoms with Crippen molar-refractivity contribution in [3.05, 3.63) is 0 Å². The molecule has 0 aromatic rings. The highest BCUT2D eigenvalue weighted by Crippen LogP contribution is 2.38. The van der Waals surface area contributed by atoms with Crippen LogP contribution in [-0.4, -0.2) is 328 Å². The lowest BCUT2D eigenvalue weighted by Crippen LogP contribution is -2.71. The monoisotopic (exact) mass is 1110 g/mol. The molecule has 6 aliphatic heterocycles. The molecule has 20 N–H and O–H groups in total. The van der Waals surface area contributed by atoms with Crippen LogP contribution in [0.5, 0.6) is 0 Å². The summed E-state index contributed by atoms with van der Waals surface area (Å²) in [5.41, 5.74) is 0. The normalized spacial score (nSPS) is 48.2. The number of carbonyl (C=O) groups excluding carboxylic acids is 3. The van der Waals surface area contributed by atoms with Gasteiger partial charge in [-0.3, -0.25) is 14.4 Å². The van der Waals surface area contributed by atoms with E-state index in [2.05, 4.69) is 16.0 Å². The van der Waals surface area contributed by atoms with Crippen molar-refractivity contribution >= 4 is 17.7 Å². The maximum Gasteiger partial charge on any atom is 0.217 e. The zero-order chi connectivity index (χ0) is 56.2. The fraction of sp³-hybridized carbons (Fsp3) is 0.929. The molecular weight excluding hydrogens is 1040 g/mol. The molecule has 0 aliphatic carbocycles. The first kappa shape index (κ1) is 62.5. The molecule has 34 nitrogen and oxygen atoms in total. The molecule has 76 heavy (non-hydrogen) atoms. The van der Waals surface area contributed by atoms with Crippen LogP contribution in [0.3, 0.4) is 0 Å². The van der Waals surface area contributed by atoms with E-state index in [1.54, 1.807) is 0 Å². The Hall–Kier alpha value is -2.71. The van der Waals surface area contributed by atoms with Crippen LogP contribution in [0.2, 0.25) is 0 Å². The van der Waals surface area contributed by atoms with E-state index in [0.717, 1.165) is 20.8 Å². The lowest BCUT2D eigenvalue weighted by molar-refractivity contribution is -0.398. The third-order valence-electron chi connectivity index (χ3n) is 13.6. The predicted molar refractivity (Wildman–Crippen MR) is 234 cm³/mol. The van der Waals surface area contributed by atoms with Gasteiger partial charge in [-0.25, -0.2) is 0 Å². The van der Waals surface area contributed by atoms with Crippen LogP contribution in [-0.2, 0) is 66.5 Å². The lowest BCUT2D eigenvalue weighted by Gasteiger charge is -2.51. The van der Waals surface area contributed by atoms with Gasteiger partial charge in [0.2, 0.25) is 17.7 Å². The minimum atomic E-state index is -2.38. The van der Waals surface area contributed by atoms with Gasteiger partial charge >= 0.3 is 0 Å². The molecule has 0 aromatic heterocycles. The number of nitrogens with one attached hydrogen (secondary N) is 3. The van der Waals surface area contributed by atoms with Gasteiger partial charge in [0.25, 0.3) is 0 Å². The fourth-order valence-electron chi connectivity index (χ4n) is 9.62. The molecule has 6 fully saturated rings. The van der Waals surface area contributed by atoms with Crippen molar-refractivity contribution in [2.24, 2.45) is 0 Å². The Kier molecular flexibility index (Phi) is 22.3. The molecule has 30 atom stereocenters. The molecule has 0 unspecified atom stereocenters. The van der Waals surface area contributed by atoms with E-state index < -0.39 is 241 Å². The van der Waals surface area contributed by atoms with Gasteiger partial charge in [0.1, 0.15) is 146 Å². The lowest BCUT2D eigenvalue weighted by atomic mass is 9.93. The molecule has 0 aromatic carbocycles. The van der Waals surface area contributed by atoms with E-state index >= 15 is 0 Å². The van der Waals surface area contributed by atoms with Gasteiger partial charge in [-0.05, 0) is 0 Å². The summed E-state index contributed by atoms with van der Waals surface area (Å²) < 4.78 is 64.6. The molecule has 6 heterocycles. The predicted octanol–water partition coefficient (Wildman–Crippen LogP) is -13.7. The van der Waals surface area contributed by atoms with Crippen molar-refractivity contribution in [1.29, 1.82) is 0 Å². The first-order chi connectivity index (χ1) is 35.9. The number of rotatable bonds is 19. The van der Waals surface area contributed by atoms with E-state index in [4.69, 9.17) is 52.1 Å². The van der Waals surface area contributed by atoms with E-state index in [1.807, 2.05) is 0 Å². The van der Waals surface area contributed by atoms with Gasteiger partial charge in [0.15, 0.2) is 37.7 Å². The maximum absolute atomic E-state index is 12.7. The van der Waals surface area contributed by atoms with Crippen LogP contribution < -0.4 is 16.0 Å². The molecule has 0 saturated carbocycles. The summed E-state index contributed by atoms with van der Waals surface area (Å²) in [5, 5.41) is 190. The quantitative estimate of drug-likeness (QED) is 0.0571. The number of amides is 3. The van der Waals surface area contributed by atoms with Gasteiger partial charge in [0, 0.05) is 20.8 Å². The van der Waals surface area contributed by atoms with Crippen molar-refractivity contribution in [2.75, 3.05) is 39.6 Å². The highest BCUT2D eigenvalue weighted by Gasteiger charge is 2.58. The molecule has 0 radical (unpaired) electrons. The summed E-state index contributed by atoms with van der Waals surface area (Å²) in [7, 11) is 0. The van der Waals surface area contributed by atoms with Gasteiger partial charge < -0.3 is 155 Å². The second-order valence-corrected chi connectivity index (χ2v) is 19.0. The van der Waals surface area contributed by atoms with Gasteiger partial charge in [0.05, 0.1) is 39.6 Å². The average Bonchev–Trinajstić information content (AvgIpc) is 3.37. The molecular formula is C42H71N3O31. The summed E-state index contributed by atoms with van der Waals surface area (Å²) in [6.45, 7) is -2.82. The van der Waals surface area contributed by atoms with Crippen LogP contribution in [0.4, 0.5) is 0 Å². The van der Waals surface area contributed by atoms with Crippen molar-refractivity contribution in [1.82, 2.24) is 16.0 Å². The van der Waals surface area contributed by atoms with E-state index in [9.17, 15) is 101 Å². The van der Waals surface area contributed by atoms with Gasteiger partial charge in [-0.2, -0.15) is 0 Å². The largest absolute Gasteiger partial charge is 0.394 e. The molecule has 440 valence electrons.